The standard InChI is InChI=1S/C29H26N4O4S/c1-18-7-5-8-19(2)27(18)24-16-26-31-29(30-24)32-38(35,36)23-11-6-10-21(15-23)28(34)33-17-22(37-26)14-13-20-9-3-4-12-25(20)33/h3-12,15-16,22H,13-14,17H2,1-2H3,(H,30,31,32). The molecule has 2 aliphatic heterocycles. The Balaban J connectivity index is 1.55. The van der Waals surface area contributed by atoms with Crippen LogP contribution < -0.4 is 14.4 Å². The van der Waals surface area contributed by atoms with E-state index in [0.29, 0.717) is 12.1 Å². The van der Waals surface area contributed by atoms with Gasteiger partial charge in [0, 0.05) is 22.9 Å². The summed E-state index contributed by atoms with van der Waals surface area (Å²) < 4.78 is 35.7. The first-order valence-electron chi connectivity index (χ1n) is 12.4. The van der Waals surface area contributed by atoms with Gasteiger partial charge in [0.1, 0.15) is 6.10 Å². The monoisotopic (exact) mass is 526 g/mol. The third-order valence-corrected chi connectivity index (χ3v) is 8.32. The summed E-state index contributed by atoms with van der Waals surface area (Å²) in [4.78, 5) is 24.4. The van der Waals surface area contributed by atoms with Gasteiger partial charge in [-0.05, 0) is 67.6 Å². The Hall–Kier alpha value is -4.24. The van der Waals surface area contributed by atoms with E-state index in [1.807, 2.05) is 56.3 Å². The first kappa shape index (κ1) is 24.1. The Morgan fingerprint density at radius 1 is 0.947 bits per heavy atom. The Kier molecular flexibility index (Phi) is 5.87. The molecule has 0 saturated carbocycles. The molecule has 4 aromatic rings. The SMILES string of the molecule is Cc1cccc(C)c1-c1cc2nc(n1)NS(=O)(=O)c1cccc(c1)C(=O)N1CC(CCc3ccccc31)O2. The van der Waals surface area contributed by atoms with E-state index in [9.17, 15) is 13.2 Å². The van der Waals surface area contributed by atoms with Gasteiger partial charge in [0.25, 0.3) is 15.9 Å². The van der Waals surface area contributed by atoms with Crippen molar-refractivity contribution in [1.29, 1.82) is 0 Å². The molecule has 1 amide bonds. The molecule has 9 heteroatoms. The van der Waals surface area contributed by atoms with E-state index >= 15 is 0 Å². The number of nitrogens with one attached hydrogen (secondary N) is 1. The quantitative estimate of drug-likeness (QED) is 0.378. The number of carbonyl (C=O) groups excluding carboxylic acids is 1. The van der Waals surface area contributed by atoms with Crippen LogP contribution in [0.15, 0.2) is 77.7 Å². The third-order valence-electron chi connectivity index (χ3n) is 6.99. The minimum Gasteiger partial charge on any atom is -0.472 e. The molecule has 8 nitrogen and oxygen atoms in total. The highest BCUT2D eigenvalue weighted by molar-refractivity contribution is 7.92. The summed E-state index contributed by atoms with van der Waals surface area (Å²) >= 11 is 0. The molecule has 0 radical (unpaired) electrons. The lowest BCUT2D eigenvalue weighted by Crippen LogP contribution is -2.39. The van der Waals surface area contributed by atoms with Crippen molar-refractivity contribution in [1.82, 2.24) is 9.97 Å². The highest BCUT2D eigenvalue weighted by Crippen LogP contribution is 2.33. The van der Waals surface area contributed by atoms with Crippen molar-refractivity contribution in [2.45, 2.75) is 37.7 Å². The summed E-state index contributed by atoms with van der Waals surface area (Å²) in [6, 6.07) is 21.5. The second kappa shape index (κ2) is 9.25. The van der Waals surface area contributed by atoms with Crippen molar-refractivity contribution in [3.63, 3.8) is 0 Å². The maximum Gasteiger partial charge on any atom is 0.264 e. The lowest BCUT2D eigenvalue weighted by atomic mass is 10.00. The number of para-hydroxylation sites is 1. The number of nitrogens with zero attached hydrogens (tertiary/aromatic N) is 3. The number of aromatic nitrogens is 2. The average Bonchev–Trinajstić information content (AvgIpc) is 3.07. The number of sulfonamides is 1. The molecular weight excluding hydrogens is 500 g/mol. The van der Waals surface area contributed by atoms with Crippen LogP contribution in [0.1, 0.15) is 33.5 Å². The van der Waals surface area contributed by atoms with Crippen molar-refractivity contribution in [3.05, 3.63) is 95.1 Å². The first-order chi connectivity index (χ1) is 18.3. The molecule has 6 rings (SSSR count). The fourth-order valence-electron chi connectivity index (χ4n) is 5.16. The lowest BCUT2D eigenvalue weighted by molar-refractivity contribution is 0.0968. The number of benzene rings is 3. The van der Waals surface area contributed by atoms with Gasteiger partial charge in [0.15, 0.2) is 0 Å². The molecule has 0 spiro atoms. The van der Waals surface area contributed by atoms with Crippen LogP contribution >= 0.6 is 0 Å². The van der Waals surface area contributed by atoms with Gasteiger partial charge in [-0.15, -0.1) is 0 Å². The summed E-state index contributed by atoms with van der Waals surface area (Å²) in [6.45, 7) is 4.25. The van der Waals surface area contributed by atoms with E-state index in [0.717, 1.165) is 34.4 Å². The molecule has 3 aromatic carbocycles. The van der Waals surface area contributed by atoms with Gasteiger partial charge in [0.05, 0.1) is 17.1 Å². The Morgan fingerprint density at radius 2 is 1.71 bits per heavy atom. The van der Waals surface area contributed by atoms with Gasteiger partial charge in [-0.3, -0.25) is 4.79 Å². The van der Waals surface area contributed by atoms with Crippen LogP contribution in [0.2, 0.25) is 0 Å². The maximum absolute atomic E-state index is 13.8. The number of carbonyl (C=O) groups is 1. The smallest absolute Gasteiger partial charge is 0.264 e. The molecule has 6 bridgehead atoms. The fourth-order valence-corrected chi connectivity index (χ4v) is 6.15. The van der Waals surface area contributed by atoms with E-state index in [-0.39, 0.29) is 40.8 Å². The number of hydrogen-bond acceptors (Lipinski definition) is 6. The number of ether oxygens (including phenoxy) is 1. The molecule has 0 fully saturated rings. The minimum atomic E-state index is -4.09. The Labute approximate surface area is 221 Å². The number of hydrogen-bond donors (Lipinski definition) is 1. The van der Waals surface area contributed by atoms with Gasteiger partial charge in [-0.1, -0.05) is 42.5 Å². The highest BCUT2D eigenvalue weighted by Gasteiger charge is 2.30. The first-order valence-corrected chi connectivity index (χ1v) is 13.9. The van der Waals surface area contributed by atoms with E-state index in [4.69, 9.17) is 4.74 Å². The molecule has 1 unspecified atom stereocenters. The predicted molar refractivity (Wildman–Crippen MR) is 145 cm³/mol. The second-order valence-electron chi connectivity index (χ2n) is 9.64. The zero-order valence-corrected chi connectivity index (χ0v) is 21.8. The van der Waals surface area contributed by atoms with Crippen LogP contribution in [0.3, 0.4) is 0 Å². The number of amides is 1. The highest BCUT2D eigenvalue weighted by atomic mass is 32.2. The molecule has 1 atom stereocenters. The van der Waals surface area contributed by atoms with Crippen LogP contribution in [0.25, 0.3) is 11.3 Å². The fraction of sp³-hybridized carbons (Fsp3) is 0.207. The largest absolute Gasteiger partial charge is 0.472 e. The number of anilines is 2. The van der Waals surface area contributed by atoms with Crippen molar-refractivity contribution in [2.24, 2.45) is 0 Å². The molecule has 0 saturated heterocycles. The van der Waals surface area contributed by atoms with Crippen molar-refractivity contribution in [2.75, 3.05) is 16.2 Å². The Morgan fingerprint density at radius 3 is 2.53 bits per heavy atom. The van der Waals surface area contributed by atoms with Crippen molar-refractivity contribution < 1.29 is 17.9 Å². The van der Waals surface area contributed by atoms with Crippen LogP contribution in [0.5, 0.6) is 5.88 Å². The predicted octanol–water partition coefficient (Wildman–Crippen LogP) is 4.92. The van der Waals surface area contributed by atoms with E-state index in [1.165, 1.54) is 12.1 Å². The molecule has 1 aromatic heterocycles. The normalized spacial score (nSPS) is 18.0. The van der Waals surface area contributed by atoms with E-state index < -0.39 is 10.0 Å². The topological polar surface area (TPSA) is 101 Å². The number of rotatable bonds is 1. The van der Waals surface area contributed by atoms with Gasteiger partial charge in [-0.25, -0.2) is 18.1 Å². The molecule has 3 heterocycles. The summed E-state index contributed by atoms with van der Waals surface area (Å²) in [7, 11) is -4.09. The molecular formula is C29H26N4O4S. The lowest BCUT2D eigenvalue weighted by Gasteiger charge is -2.26. The van der Waals surface area contributed by atoms with Crippen molar-refractivity contribution in [3.8, 4) is 17.1 Å². The van der Waals surface area contributed by atoms with E-state index in [2.05, 4.69) is 14.7 Å². The summed E-state index contributed by atoms with van der Waals surface area (Å²) in [5.74, 6) is -0.146. The molecule has 2 aliphatic rings. The average molecular weight is 527 g/mol. The maximum atomic E-state index is 13.8. The summed E-state index contributed by atoms with van der Waals surface area (Å²) in [5.41, 5.74) is 5.53. The van der Waals surface area contributed by atoms with E-state index in [1.54, 1.807) is 23.1 Å². The number of aryl methyl sites for hydroxylation is 3. The molecule has 38 heavy (non-hydrogen) atoms. The Bertz CT molecular complexity index is 1670. The molecule has 0 aliphatic carbocycles. The summed E-state index contributed by atoms with van der Waals surface area (Å²) in [5, 5.41) is 0. The van der Waals surface area contributed by atoms with Gasteiger partial charge >= 0.3 is 0 Å². The minimum absolute atomic E-state index is 0.0502. The van der Waals surface area contributed by atoms with Gasteiger partial charge < -0.3 is 9.64 Å². The van der Waals surface area contributed by atoms with Gasteiger partial charge in [0.2, 0.25) is 11.8 Å². The molecule has 1 N–H and O–H groups in total. The van der Waals surface area contributed by atoms with Crippen LogP contribution in [0.4, 0.5) is 11.6 Å². The second-order valence-corrected chi connectivity index (χ2v) is 11.3. The zero-order valence-electron chi connectivity index (χ0n) is 21.0. The zero-order chi connectivity index (χ0) is 26.4. The molecule has 192 valence electrons. The van der Waals surface area contributed by atoms with Crippen molar-refractivity contribution >= 4 is 27.6 Å². The van der Waals surface area contributed by atoms with Gasteiger partial charge in [-0.2, -0.15) is 4.98 Å². The van der Waals surface area contributed by atoms with Crippen LogP contribution in [-0.4, -0.2) is 36.9 Å². The summed E-state index contributed by atoms with van der Waals surface area (Å²) in [6.07, 6.45) is 1.00. The van der Waals surface area contributed by atoms with Crippen LogP contribution in [-0.2, 0) is 16.4 Å². The number of fused-ring (bicyclic) bond motifs is 8. The third kappa shape index (κ3) is 4.39. The van der Waals surface area contributed by atoms with Crippen LogP contribution in [0, 0.1) is 13.8 Å².